The van der Waals surface area contributed by atoms with Gasteiger partial charge in [-0.25, -0.2) is 13.4 Å². The number of benzene rings is 1. The van der Waals surface area contributed by atoms with E-state index in [2.05, 4.69) is 10.3 Å². The monoisotopic (exact) mass is 353 g/mol. The van der Waals surface area contributed by atoms with Crippen LogP contribution in [0.5, 0.6) is 0 Å². The molecule has 6 nitrogen and oxygen atoms in total. The standard InChI is InChI=1S/C18H15N3O3S/c22-18(19-15-8-9-25(23,24)12-15)14-6-7-17-20-16(11-21(17)10-14)13-4-2-1-3-5-13/h1-11,15H,12H2,(H,19,22)/t15-/m0/s1. The summed E-state index contributed by atoms with van der Waals surface area (Å²) in [5.74, 6) is -0.409. The summed E-state index contributed by atoms with van der Waals surface area (Å²) in [6, 6.07) is 12.7. The average molecular weight is 353 g/mol. The van der Waals surface area contributed by atoms with Gasteiger partial charge in [0.05, 0.1) is 23.1 Å². The molecule has 1 amide bonds. The first-order chi connectivity index (χ1) is 12.0. The van der Waals surface area contributed by atoms with Crippen LogP contribution >= 0.6 is 0 Å². The maximum Gasteiger partial charge on any atom is 0.253 e. The maximum absolute atomic E-state index is 12.4. The lowest BCUT2D eigenvalue weighted by Gasteiger charge is -2.10. The Morgan fingerprint density at radius 1 is 1.12 bits per heavy atom. The van der Waals surface area contributed by atoms with Gasteiger partial charge in [-0.3, -0.25) is 4.79 Å². The molecule has 0 saturated carbocycles. The van der Waals surface area contributed by atoms with E-state index in [1.807, 2.05) is 36.5 Å². The van der Waals surface area contributed by atoms with Crippen molar-refractivity contribution in [2.24, 2.45) is 0 Å². The number of nitrogens with zero attached hydrogens (tertiary/aromatic N) is 2. The minimum Gasteiger partial charge on any atom is -0.345 e. The highest BCUT2D eigenvalue weighted by atomic mass is 32.2. The minimum absolute atomic E-state index is 0.0930. The normalized spacial score (nSPS) is 18.5. The van der Waals surface area contributed by atoms with Gasteiger partial charge in [0.1, 0.15) is 5.65 Å². The van der Waals surface area contributed by atoms with Crippen LogP contribution in [0.25, 0.3) is 16.9 Å². The smallest absolute Gasteiger partial charge is 0.253 e. The number of hydrogen-bond acceptors (Lipinski definition) is 4. The molecule has 3 aromatic rings. The number of fused-ring (bicyclic) bond motifs is 1. The van der Waals surface area contributed by atoms with Crippen LogP contribution in [-0.4, -0.2) is 35.5 Å². The molecule has 25 heavy (non-hydrogen) atoms. The number of carbonyl (C=O) groups is 1. The van der Waals surface area contributed by atoms with Crippen molar-refractivity contribution < 1.29 is 13.2 Å². The van der Waals surface area contributed by atoms with E-state index in [0.29, 0.717) is 5.56 Å². The van der Waals surface area contributed by atoms with Gasteiger partial charge in [-0.1, -0.05) is 30.3 Å². The van der Waals surface area contributed by atoms with Gasteiger partial charge in [-0.2, -0.15) is 0 Å². The van der Waals surface area contributed by atoms with Crippen molar-refractivity contribution in [2.75, 3.05) is 5.75 Å². The maximum atomic E-state index is 12.4. The number of carbonyl (C=O) groups excluding carboxylic acids is 1. The van der Waals surface area contributed by atoms with Crippen LogP contribution < -0.4 is 5.32 Å². The fourth-order valence-corrected chi connectivity index (χ4v) is 4.03. The average Bonchev–Trinajstić information content (AvgIpc) is 3.17. The Morgan fingerprint density at radius 3 is 2.64 bits per heavy atom. The molecule has 0 saturated heterocycles. The number of imidazole rings is 1. The molecule has 0 fully saturated rings. The van der Waals surface area contributed by atoms with Gasteiger partial charge in [-0.05, 0) is 18.2 Å². The van der Waals surface area contributed by atoms with Gasteiger partial charge < -0.3 is 9.72 Å². The number of aromatic nitrogens is 2. The van der Waals surface area contributed by atoms with E-state index in [1.165, 1.54) is 6.08 Å². The van der Waals surface area contributed by atoms with E-state index in [-0.39, 0.29) is 11.7 Å². The Labute approximate surface area is 144 Å². The molecule has 2 aromatic heterocycles. The van der Waals surface area contributed by atoms with Crippen LogP contribution in [0.2, 0.25) is 0 Å². The molecular formula is C18H15N3O3S. The van der Waals surface area contributed by atoms with E-state index < -0.39 is 15.9 Å². The molecule has 126 valence electrons. The quantitative estimate of drug-likeness (QED) is 0.781. The second-order valence-electron chi connectivity index (χ2n) is 5.91. The summed E-state index contributed by atoms with van der Waals surface area (Å²) < 4.78 is 24.6. The molecule has 1 aromatic carbocycles. The summed E-state index contributed by atoms with van der Waals surface area (Å²) in [5, 5.41) is 3.86. The fourth-order valence-electron chi connectivity index (χ4n) is 2.79. The minimum atomic E-state index is -3.20. The topological polar surface area (TPSA) is 80.5 Å². The zero-order valence-corrected chi connectivity index (χ0v) is 14.0. The zero-order valence-electron chi connectivity index (χ0n) is 13.2. The van der Waals surface area contributed by atoms with Gasteiger partial charge in [0, 0.05) is 23.4 Å². The second kappa shape index (κ2) is 5.86. The molecule has 0 spiro atoms. The Bertz CT molecular complexity index is 1090. The number of amides is 1. The highest BCUT2D eigenvalue weighted by Crippen LogP contribution is 2.19. The fraction of sp³-hybridized carbons (Fsp3) is 0.111. The van der Waals surface area contributed by atoms with Crippen molar-refractivity contribution in [1.82, 2.24) is 14.7 Å². The van der Waals surface area contributed by atoms with Gasteiger partial charge >= 0.3 is 0 Å². The van der Waals surface area contributed by atoms with Crippen LogP contribution in [0.4, 0.5) is 0 Å². The predicted octanol–water partition coefficient (Wildman–Crippen LogP) is 2.04. The highest BCUT2D eigenvalue weighted by Gasteiger charge is 2.23. The SMILES string of the molecule is O=C(N[C@H]1C=CS(=O)(=O)C1)c1ccc2nc(-c3ccccc3)cn2c1. The lowest BCUT2D eigenvalue weighted by Crippen LogP contribution is -2.35. The van der Waals surface area contributed by atoms with E-state index >= 15 is 0 Å². The molecule has 7 heteroatoms. The first-order valence-electron chi connectivity index (χ1n) is 7.76. The van der Waals surface area contributed by atoms with Crippen molar-refractivity contribution in [3.63, 3.8) is 0 Å². The van der Waals surface area contributed by atoms with Crippen LogP contribution in [0.1, 0.15) is 10.4 Å². The summed E-state index contributed by atoms with van der Waals surface area (Å²) in [4.78, 5) is 16.9. The third kappa shape index (κ3) is 3.18. The second-order valence-corrected chi connectivity index (χ2v) is 7.84. The van der Waals surface area contributed by atoms with E-state index in [9.17, 15) is 13.2 Å². The highest BCUT2D eigenvalue weighted by molar-refractivity contribution is 7.94. The molecule has 1 aliphatic heterocycles. The first-order valence-corrected chi connectivity index (χ1v) is 9.48. The van der Waals surface area contributed by atoms with Crippen molar-refractivity contribution in [2.45, 2.75) is 6.04 Å². The van der Waals surface area contributed by atoms with Crippen molar-refractivity contribution >= 4 is 21.4 Å². The number of sulfone groups is 1. The van der Waals surface area contributed by atoms with E-state index in [0.717, 1.165) is 22.3 Å². The summed E-state index contributed by atoms with van der Waals surface area (Å²) >= 11 is 0. The van der Waals surface area contributed by atoms with Crippen LogP contribution in [0, 0.1) is 0 Å². The van der Waals surface area contributed by atoms with Gasteiger partial charge in [0.25, 0.3) is 5.91 Å². The largest absolute Gasteiger partial charge is 0.345 e. The molecule has 1 N–H and O–H groups in total. The summed E-state index contributed by atoms with van der Waals surface area (Å²) in [7, 11) is -3.20. The third-order valence-electron chi connectivity index (χ3n) is 4.03. The van der Waals surface area contributed by atoms with Crippen molar-refractivity contribution in [3.05, 3.63) is 71.9 Å². The van der Waals surface area contributed by atoms with Crippen molar-refractivity contribution in [3.8, 4) is 11.3 Å². The third-order valence-corrected chi connectivity index (χ3v) is 5.42. The number of nitrogens with one attached hydrogen (secondary N) is 1. The molecule has 0 radical (unpaired) electrons. The number of hydrogen-bond donors (Lipinski definition) is 1. The Balaban J connectivity index is 1.59. The van der Waals surface area contributed by atoms with E-state index in [4.69, 9.17) is 0 Å². The van der Waals surface area contributed by atoms with Crippen LogP contribution in [0.15, 0.2) is 66.3 Å². The molecule has 1 atom stereocenters. The van der Waals surface area contributed by atoms with E-state index in [1.54, 1.807) is 22.7 Å². The van der Waals surface area contributed by atoms with Crippen LogP contribution in [0.3, 0.4) is 0 Å². The Morgan fingerprint density at radius 2 is 1.92 bits per heavy atom. The summed E-state index contributed by atoms with van der Waals surface area (Å²) in [5.41, 5.74) is 3.00. The number of rotatable bonds is 3. The Kier molecular flexibility index (Phi) is 3.65. The first kappa shape index (κ1) is 15.6. The lowest BCUT2D eigenvalue weighted by atomic mass is 10.2. The zero-order chi connectivity index (χ0) is 17.4. The number of pyridine rings is 1. The summed E-state index contributed by atoms with van der Waals surface area (Å²) in [6.45, 7) is 0. The molecule has 1 aliphatic rings. The Hall–Kier alpha value is -2.93. The van der Waals surface area contributed by atoms with Crippen molar-refractivity contribution in [1.29, 1.82) is 0 Å². The van der Waals surface area contributed by atoms with Gasteiger partial charge in [0.2, 0.25) is 0 Å². The predicted molar refractivity (Wildman–Crippen MR) is 94.8 cm³/mol. The van der Waals surface area contributed by atoms with Gasteiger partial charge in [0.15, 0.2) is 9.84 Å². The summed E-state index contributed by atoms with van der Waals surface area (Å²) in [6.07, 6.45) is 5.05. The molecule has 4 rings (SSSR count). The molecule has 0 bridgehead atoms. The lowest BCUT2D eigenvalue weighted by molar-refractivity contribution is 0.0947. The molecule has 0 aliphatic carbocycles. The molecule has 3 heterocycles. The van der Waals surface area contributed by atoms with Gasteiger partial charge in [-0.15, -0.1) is 0 Å². The molecular weight excluding hydrogens is 338 g/mol. The molecule has 0 unspecified atom stereocenters. The van der Waals surface area contributed by atoms with Crippen LogP contribution in [-0.2, 0) is 9.84 Å².